The van der Waals surface area contributed by atoms with E-state index in [1.54, 1.807) is 0 Å². The van der Waals surface area contributed by atoms with E-state index in [0.29, 0.717) is 31.1 Å². The predicted octanol–water partition coefficient (Wildman–Crippen LogP) is 1.02. The van der Waals surface area contributed by atoms with E-state index < -0.39 is 15.3 Å². The first kappa shape index (κ1) is 14.0. The summed E-state index contributed by atoms with van der Waals surface area (Å²) in [5.41, 5.74) is 2.14. The number of ether oxygens (including phenoxy) is 1. The summed E-state index contributed by atoms with van der Waals surface area (Å²) in [5.74, 6) is 0.467. The van der Waals surface area contributed by atoms with Crippen LogP contribution in [0.3, 0.4) is 0 Å². The number of carbonyl (C=O) groups excluding carboxylic acids is 1. The van der Waals surface area contributed by atoms with E-state index in [9.17, 15) is 13.2 Å². The van der Waals surface area contributed by atoms with E-state index in [4.69, 9.17) is 4.74 Å². The zero-order valence-electron chi connectivity index (χ0n) is 12.6. The molecule has 2 heterocycles. The van der Waals surface area contributed by atoms with Gasteiger partial charge in [0.05, 0.1) is 23.4 Å². The minimum atomic E-state index is -3.64. The van der Waals surface area contributed by atoms with Crippen LogP contribution < -0.4 is 4.72 Å². The summed E-state index contributed by atoms with van der Waals surface area (Å²) >= 11 is 0. The summed E-state index contributed by atoms with van der Waals surface area (Å²) in [5, 5.41) is -0.544. The smallest absolute Gasteiger partial charge is 0.239 e. The third-order valence-electron chi connectivity index (χ3n) is 6.04. The van der Waals surface area contributed by atoms with Gasteiger partial charge in [-0.25, -0.2) is 8.42 Å². The van der Waals surface area contributed by atoms with Gasteiger partial charge in [0.1, 0.15) is 0 Å². The summed E-state index contributed by atoms with van der Waals surface area (Å²) in [6.07, 6.45) is 2.91. The maximum atomic E-state index is 12.6. The van der Waals surface area contributed by atoms with Crippen molar-refractivity contribution in [2.45, 2.75) is 43.1 Å². The van der Waals surface area contributed by atoms with E-state index >= 15 is 0 Å². The van der Waals surface area contributed by atoms with Crippen LogP contribution in [0.5, 0.6) is 0 Å². The molecule has 1 N–H and O–H groups in total. The third kappa shape index (κ3) is 2.08. The van der Waals surface area contributed by atoms with Crippen LogP contribution in [0.4, 0.5) is 0 Å². The van der Waals surface area contributed by atoms with Crippen molar-refractivity contribution in [2.75, 3.05) is 0 Å². The Hall–Kier alpha value is -1.40. The van der Waals surface area contributed by atoms with Gasteiger partial charge in [-0.1, -0.05) is 24.3 Å². The average molecular weight is 333 g/mol. The van der Waals surface area contributed by atoms with Crippen LogP contribution in [-0.4, -0.2) is 31.8 Å². The lowest BCUT2D eigenvalue weighted by Crippen LogP contribution is -2.44. The minimum absolute atomic E-state index is 0.0547. The summed E-state index contributed by atoms with van der Waals surface area (Å²) < 4.78 is 33.3. The Kier molecular flexibility index (Phi) is 2.78. The molecule has 5 atom stereocenters. The molecule has 2 aliphatic heterocycles. The number of hydrogen-bond acceptors (Lipinski definition) is 4. The average Bonchev–Trinajstić information content (AvgIpc) is 2.93. The van der Waals surface area contributed by atoms with Gasteiger partial charge >= 0.3 is 0 Å². The van der Waals surface area contributed by atoms with Gasteiger partial charge in [0.15, 0.2) is 0 Å². The van der Waals surface area contributed by atoms with Gasteiger partial charge in [-0.15, -0.1) is 0 Å². The Morgan fingerprint density at radius 2 is 1.78 bits per heavy atom. The highest BCUT2D eigenvalue weighted by Crippen LogP contribution is 2.60. The van der Waals surface area contributed by atoms with Crippen molar-refractivity contribution >= 4 is 15.9 Å². The van der Waals surface area contributed by atoms with E-state index in [-0.39, 0.29) is 24.0 Å². The molecule has 2 bridgehead atoms. The van der Waals surface area contributed by atoms with Crippen molar-refractivity contribution in [1.29, 1.82) is 0 Å². The number of nitrogens with one attached hydrogen (secondary N) is 1. The Morgan fingerprint density at radius 3 is 2.39 bits per heavy atom. The summed E-state index contributed by atoms with van der Waals surface area (Å²) in [6, 6.07) is 7.77. The predicted molar refractivity (Wildman–Crippen MR) is 83.1 cm³/mol. The monoisotopic (exact) mass is 333 g/mol. The standard InChI is InChI=1S/C17H19NO4S/c19-17(14-8-15-12-7-13(12)16(14)22-15)18-23(20,21)11-5-9-3-1-2-4-10(9)6-11/h1-4,11-16H,5-8H2,(H,18,19)/t12-,13+,14-,15+,16+/m1/s1. The molecule has 122 valence electrons. The van der Waals surface area contributed by atoms with Crippen molar-refractivity contribution in [3.8, 4) is 0 Å². The van der Waals surface area contributed by atoms with Gasteiger partial charge in [0, 0.05) is 0 Å². The molecule has 1 saturated carbocycles. The molecule has 0 spiro atoms. The van der Waals surface area contributed by atoms with Gasteiger partial charge < -0.3 is 4.74 Å². The van der Waals surface area contributed by atoms with Crippen LogP contribution in [0.1, 0.15) is 24.0 Å². The molecule has 0 radical (unpaired) electrons. The number of rotatable bonds is 3. The lowest BCUT2D eigenvalue weighted by atomic mass is 9.89. The van der Waals surface area contributed by atoms with Crippen LogP contribution >= 0.6 is 0 Å². The van der Waals surface area contributed by atoms with Crippen LogP contribution in [0, 0.1) is 17.8 Å². The van der Waals surface area contributed by atoms with Crippen molar-refractivity contribution in [3.05, 3.63) is 35.4 Å². The second-order valence-corrected chi connectivity index (χ2v) is 9.32. The van der Waals surface area contributed by atoms with Crippen LogP contribution in [0.15, 0.2) is 24.3 Å². The first-order valence-electron chi connectivity index (χ1n) is 8.30. The molecular weight excluding hydrogens is 314 g/mol. The number of fused-ring (bicyclic) bond motifs is 6. The fraction of sp³-hybridized carbons (Fsp3) is 0.588. The Balaban J connectivity index is 1.30. The normalized spacial score (nSPS) is 37.5. The highest BCUT2D eigenvalue weighted by molar-refractivity contribution is 7.90. The Labute approximate surface area is 135 Å². The number of sulfonamides is 1. The van der Waals surface area contributed by atoms with E-state index in [1.165, 1.54) is 0 Å². The van der Waals surface area contributed by atoms with Gasteiger partial charge in [0.2, 0.25) is 15.9 Å². The molecule has 2 saturated heterocycles. The molecule has 0 aromatic heterocycles. The Bertz CT molecular complexity index is 765. The summed E-state index contributed by atoms with van der Waals surface area (Å²) in [6.45, 7) is 0. The van der Waals surface area contributed by atoms with Gasteiger partial charge in [0.25, 0.3) is 0 Å². The SMILES string of the molecule is O=C(NS(=O)(=O)C1Cc2ccccc2C1)[C@@H]1C[C@@H]2O[C@H]1[C@H]1C[C@H]12. The zero-order valence-corrected chi connectivity index (χ0v) is 13.5. The molecular formula is C17H19NO4S. The van der Waals surface area contributed by atoms with E-state index in [2.05, 4.69) is 4.72 Å². The molecule has 1 aromatic carbocycles. The van der Waals surface area contributed by atoms with Crippen molar-refractivity contribution in [3.63, 3.8) is 0 Å². The maximum Gasteiger partial charge on any atom is 0.239 e. The summed E-state index contributed by atoms with van der Waals surface area (Å²) in [4.78, 5) is 12.5. The molecule has 1 aromatic rings. The molecule has 0 unspecified atom stereocenters. The first-order chi connectivity index (χ1) is 11.0. The number of hydrogen-bond donors (Lipinski definition) is 1. The fourth-order valence-electron chi connectivity index (χ4n) is 4.75. The van der Waals surface area contributed by atoms with Crippen LogP contribution in [0.25, 0.3) is 0 Å². The minimum Gasteiger partial charge on any atom is -0.374 e. The molecule has 23 heavy (non-hydrogen) atoms. The van der Waals surface area contributed by atoms with Crippen molar-refractivity contribution in [1.82, 2.24) is 4.72 Å². The first-order valence-corrected chi connectivity index (χ1v) is 9.85. The van der Waals surface area contributed by atoms with Crippen LogP contribution in [-0.2, 0) is 32.4 Å². The van der Waals surface area contributed by atoms with Gasteiger partial charge in [-0.05, 0) is 48.6 Å². The van der Waals surface area contributed by atoms with Crippen LogP contribution in [0.2, 0.25) is 0 Å². The molecule has 3 fully saturated rings. The molecule has 4 aliphatic rings. The Morgan fingerprint density at radius 1 is 1.09 bits per heavy atom. The summed E-state index contributed by atoms with van der Waals surface area (Å²) in [7, 11) is -3.64. The maximum absolute atomic E-state index is 12.6. The fourth-order valence-corrected chi connectivity index (χ4v) is 6.14. The largest absolute Gasteiger partial charge is 0.374 e. The zero-order chi connectivity index (χ0) is 15.8. The second kappa shape index (κ2) is 4.57. The second-order valence-electron chi connectivity index (χ2n) is 7.36. The quantitative estimate of drug-likeness (QED) is 0.896. The number of carbonyl (C=O) groups is 1. The molecule has 1 amide bonds. The van der Waals surface area contributed by atoms with Gasteiger partial charge in [-0.3, -0.25) is 9.52 Å². The highest BCUT2D eigenvalue weighted by Gasteiger charge is 2.64. The lowest BCUT2D eigenvalue weighted by molar-refractivity contribution is -0.125. The number of amides is 1. The van der Waals surface area contributed by atoms with Crippen molar-refractivity contribution < 1.29 is 17.9 Å². The lowest BCUT2D eigenvalue weighted by Gasteiger charge is -2.19. The molecule has 2 aliphatic carbocycles. The van der Waals surface area contributed by atoms with Crippen molar-refractivity contribution in [2.24, 2.45) is 17.8 Å². The van der Waals surface area contributed by atoms with Gasteiger partial charge in [-0.2, -0.15) is 0 Å². The molecule has 5 nitrogen and oxygen atoms in total. The molecule has 6 heteroatoms. The number of benzene rings is 1. The molecule has 5 rings (SSSR count). The topological polar surface area (TPSA) is 72.5 Å². The highest BCUT2D eigenvalue weighted by atomic mass is 32.2. The van der Waals surface area contributed by atoms with E-state index in [1.807, 2.05) is 24.3 Å². The van der Waals surface area contributed by atoms with E-state index in [0.717, 1.165) is 17.5 Å². The third-order valence-corrected chi connectivity index (χ3v) is 7.73.